The Kier molecular flexibility index (Phi) is 6.21. The van der Waals surface area contributed by atoms with E-state index in [0.717, 1.165) is 16.6 Å². The first kappa shape index (κ1) is 21.2. The van der Waals surface area contributed by atoms with Gasteiger partial charge in [-0.2, -0.15) is 0 Å². The van der Waals surface area contributed by atoms with E-state index in [1.165, 1.54) is 42.5 Å². The Morgan fingerprint density at radius 2 is 1.93 bits per heavy atom. The first-order chi connectivity index (χ1) is 13.7. The number of anilines is 2. The fourth-order valence-electron chi connectivity index (χ4n) is 2.55. The maximum atomic E-state index is 13.1. The van der Waals surface area contributed by atoms with Gasteiger partial charge in [-0.05, 0) is 50.2 Å². The largest absolute Gasteiger partial charge is 0.321 e. The molecule has 3 rings (SSSR count). The van der Waals surface area contributed by atoms with E-state index in [1.807, 2.05) is 6.92 Å². The topological polar surface area (TPSA) is 88.2 Å². The number of hydrogen-bond donors (Lipinski definition) is 2. The Morgan fingerprint density at radius 3 is 2.59 bits per heavy atom. The van der Waals surface area contributed by atoms with E-state index >= 15 is 0 Å². The lowest BCUT2D eigenvalue weighted by molar-refractivity contribution is 0.103. The van der Waals surface area contributed by atoms with Crippen molar-refractivity contribution < 1.29 is 17.6 Å². The molecule has 2 N–H and O–H groups in total. The molecule has 29 heavy (non-hydrogen) atoms. The fraction of sp³-hybridized carbons (Fsp3) is 0.158. The van der Waals surface area contributed by atoms with Crippen molar-refractivity contribution in [3.63, 3.8) is 0 Å². The predicted octanol–water partition coefficient (Wildman–Crippen LogP) is 4.92. The molecule has 0 aliphatic rings. The zero-order valence-corrected chi connectivity index (χ0v) is 17.9. The third kappa shape index (κ3) is 5.31. The second kappa shape index (κ2) is 8.48. The second-order valence-corrected chi connectivity index (χ2v) is 9.83. The van der Waals surface area contributed by atoms with Gasteiger partial charge in [-0.1, -0.05) is 11.6 Å². The van der Waals surface area contributed by atoms with Crippen molar-refractivity contribution in [3.05, 3.63) is 63.2 Å². The van der Waals surface area contributed by atoms with Gasteiger partial charge in [0.25, 0.3) is 5.91 Å². The van der Waals surface area contributed by atoms with Crippen LogP contribution in [-0.4, -0.2) is 25.1 Å². The summed E-state index contributed by atoms with van der Waals surface area (Å²) < 4.78 is 39.0. The third-order valence-electron chi connectivity index (χ3n) is 3.95. The second-order valence-electron chi connectivity index (χ2n) is 6.13. The van der Waals surface area contributed by atoms with Crippen LogP contribution in [0.15, 0.2) is 42.6 Å². The van der Waals surface area contributed by atoms with Crippen LogP contribution in [0.1, 0.15) is 21.5 Å². The monoisotopic (exact) mass is 453 g/mol. The van der Waals surface area contributed by atoms with E-state index in [9.17, 15) is 17.6 Å². The van der Waals surface area contributed by atoms with E-state index in [4.69, 9.17) is 11.6 Å². The number of rotatable bonds is 6. The quantitative estimate of drug-likeness (QED) is 0.554. The average molecular weight is 454 g/mol. The predicted molar refractivity (Wildman–Crippen MR) is 115 cm³/mol. The number of hydrogen-bond acceptors (Lipinski definition) is 5. The van der Waals surface area contributed by atoms with Crippen LogP contribution in [0.25, 0.3) is 11.3 Å². The molecule has 2 aromatic heterocycles. The van der Waals surface area contributed by atoms with Crippen molar-refractivity contribution in [2.24, 2.45) is 0 Å². The molecule has 152 valence electrons. The fourth-order valence-corrected chi connectivity index (χ4v) is 4.33. The molecule has 6 nitrogen and oxygen atoms in total. The van der Waals surface area contributed by atoms with Crippen LogP contribution in [0.4, 0.5) is 15.8 Å². The minimum Gasteiger partial charge on any atom is -0.321 e. The Hall–Kier alpha value is -2.49. The van der Waals surface area contributed by atoms with Gasteiger partial charge in [-0.3, -0.25) is 14.5 Å². The van der Waals surface area contributed by atoms with Crippen molar-refractivity contribution in [1.29, 1.82) is 0 Å². The molecule has 0 unspecified atom stereocenters. The molecule has 0 spiro atoms. The van der Waals surface area contributed by atoms with Gasteiger partial charge >= 0.3 is 0 Å². The number of thiophene rings is 1. The van der Waals surface area contributed by atoms with Gasteiger partial charge in [-0.15, -0.1) is 11.3 Å². The van der Waals surface area contributed by atoms with Crippen LogP contribution in [0, 0.1) is 12.7 Å². The number of aryl methyl sites for hydroxylation is 1. The molecule has 0 radical (unpaired) electrons. The highest BCUT2D eigenvalue weighted by atomic mass is 35.5. The number of carbonyl (C=O) groups excluding carboxylic acids is 1. The summed E-state index contributed by atoms with van der Waals surface area (Å²) in [6, 6.07) is 9.00. The van der Waals surface area contributed by atoms with Crippen molar-refractivity contribution >= 4 is 50.2 Å². The highest BCUT2D eigenvalue weighted by molar-refractivity contribution is 7.92. The smallest absolute Gasteiger partial charge is 0.265 e. The number of pyridine rings is 1. The van der Waals surface area contributed by atoms with Crippen LogP contribution in [0.3, 0.4) is 0 Å². The molecular weight excluding hydrogens is 437 g/mol. The molecular formula is C19H17ClFN3O3S2. The molecule has 1 aromatic carbocycles. The van der Waals surface area contributed by atoms with E-state index in [-0.39, 0.29) is 22.4 Å². The molecule has 2 heterocycles. The Balaban J connectivity index is 1.83. The first-order valence-corrected chi connectivity index (χ1v) is 11.4. The van der Waals surface area contributed by atoms with Gasteiger partial charge in [0.1, 0.15) is 5.82 Å². The molecule has 0 atom stereocenters. The molecule has 1 amide bonds. The number of nitrogens with one attached hydrogen (secondary N) is 2. The van der Waals surface area contributed by atoms with E-state index in [1.54, 1.807) is 12.1 Å². The molecule has 0 aliphatic carbocycles. The molecule has 3 aromatic rings. The average Bonchev–Trinajstić information content (AvgIpc) is 3.03. The molecule has 0 aliphatic heterocycles. The summed E-state index contributed by atoms with van der Waals surface area (Å²) in [4.78, 5) is 18.0. The van der Waals surface area contributed by atoms with Gasteiger partial charge in [0.2, 0.25) is 10.0 Å². The Bertz CT molecular complexity index is 1160. The van der Waals surface area contributed by atoms with Crippen LogP contribution >= 0.6 is 22.9 Å². The van der Waals surface area contributed by atoms with Crippen LogP contribution in [0.5, 0.6) is 0 Å². The normalized spacial score (nSPS) is 11.3. The minimum absolute atomic E-state index is 0.0874. The molecule has 10 heteroatoms. The number of aromatic nitrogens is 1. The van der Waals surface area contributed by atoms with Crippen molar-refractivity contribution in [2.75, 3.05) is 15.8 Å². The summed E-state index contributed by atoms with van der Waals surface area (Å²) >= 11 is 7.32. The maximum Gasteiger partial charge on any atom is 0.265 e. The zero-order chi connectivity index (χ0) is 21.2. The molecule has 0 saturated heterocycles. The number of sulfonamides is 1. The summed E-state index contributed by atoms with van der Waals surface area (Å²) in [5.74, 6) is -0.899. The van der Waals surface area contributed by atoms with E-state index < -0.39 is 15.8 Å². The van der Waals surface area contributed by atoms with Gasteiger partial charge in [0.15, 0.2) is 0 Å². The maximum absolute atomic E-state index is 13.1. The lowest BCUT2D eigenvalue weighted by Crippen LogP contribution is -2.15. The highest BCUT2D eigenvalue weighted by Gasteiger charge is 2.16. The summed E-state index contributed by atoms with van der Waals surface area (Å²) in [5, 5.41) is 2.99. The Morgan fingerprint density at radius 1 is 1.21 bits per heavy atom. The van der Waals surface area contributed by atoms with Crippen molar-refractivity contribution in [3.8, 4) is 11.3 Å². The standard InChI is InChI=1S/C19H17ClFN3O3S2/c1-3-29(26,27)24-15-7-12(20)6-14(8-15)23-19(25)18-9-16(11(2)28-18)17-5-4-13(21)10-22-17/h4-10,24H,3H2,1-2H3,(H,23,25). The molecule has 0 fully saturated rings. The number of carbonyl (C=O) groups is 1. The van der Waals surface area contributed by atoms with Crippen LogP contribution < -0.4 is 10.0 Å². The summed E-state index contributed by atoms with van der Waals surface area (Å²) in [6.07, 6.45) is 1.12. The van der Waals surface area contributed by atoms with Crippen molar-refractivity contribution in [1.82, 2.24) is 4.98 Å². The van der Waals surface area contributed by atoms with Crippen molar-refractivity contribution in [2.45, 2.75) is 13.8 Å². The number of amides is 1. The summed E-state index contributed by atoms with van der Waals surface area (Å²) in [6.45, 7) is 3.36. The zero-order valence-electron chi connectivity index (χ0n) is 15.5. The number of halogens is 2. The first-order valence-electron chi connectivity index (χ1n) is 8.51. The van der Waals surface area contributed by atoms with E-state index in [2.05, 4.69) is 15.0 Å². The van der Waals surface area contributed by atoms with Gasteiger partial charge in [0.05, 0.1) is 28.2 Å². The molecule has 0 saturated carbocycles. The Labute approximate surface area is 176 Å². The van der Waals surface area contributed by atoms with Gasteiger partial charge in [0, 0.05) is 21.2 Å². The van der Waals surface area contributed by atoms with Crippen LogP contribution in [0.2, 0.25) is 5.02 Å². The summed E-state index contributed by atoms with van der Waals surface area (Å²) in [7, 11) is -3.48. The van der Waals surface area contributed by atoms with E-state index in [0.29, 0.717) is 16.3 Å². The minimum atomic E-state index is -3.48. The third-order valence-corrected chi connectivity index (χ3v) is 6.53. The highest BCUT2D eigenvalue weighted by Crippen LogP contribution is 2.31. The lowest BCUT2D eigenvalue weighted by Gasteiger charge is -2.10. The van der Waals surface area contributed by atoms with Gasteiger partial charge < -0.3 is 5.32 Å². The summed E-state index contributed by atoms with van der Waals surface area (Å²) in [5.41, 5.74) is 1.91. The number of nitrogens with zero attached hydrogens (tertiary/aromatic N) is 1. The van der Waals surface area contributed by atoms with Gasteiger partial charge in [-0.25, -0.2) is 12.8 Å². The number of benzene rings is 1. The molecule has 0 bridgehead atoms. The van der Waals surface area contributed by atoms with Crippen LogP contribution in [-0.2, 0) is 10.0 Å². The SMILES string of the molecule is CCS(=O)(=O)Nc1cc(Cl)cc(NC(=O)c2cc(-c3ccc(F)cn3)c(C)s2)c1. The lowest BCUT2D eigenvalue weighted by atomic mass is 10.1.